The highest BCUT2D eigenvalue weighted by Gasteiger charge is 2.33. The van der Waals surface area contributed by atoms with E-state index in [1.54, 1.807) is 0 Å². The Labute approximate surface area is 173 Å². The van der Waals surface area contributed by atoms with Gasteiger partial charge in [-0.1, -0.05) is 58.3 Å². The van der Waals surface area contributed by atoms with E-state index in [0.717, 1.165) is 30.5 Å². The molecule has 2 rings (SSSR count). The lowest BCUT2D eigenvalue weighted by Crippen LogP contribution is -2.36. The van der Waals surface area contributed by atoms with E-state index in [1.165, 1.54) is 22.0 Å². The summed E-state index contributed by atoms with van der Waals surface area (Å²) in [6, 6.07) is 10.9. The van der Waals surface area contributed by atoms with Crippen molar-refractivity contribution in [3.8, 4) is 5.75 Å². The fraction of sp³-hybridized carbons (Fsp3) is 0.520. The number of hydrogen-bond donors (Lipinski definition) is 2. The molecular formula is C25H38NOP. The van der Waals surface area contributed by atoms with Crippen molar-refractivity contribution >= 4 is 13.9 Å². The number of hydrogen-bond acceptors (Lipinski definition) is 2. The lowest BCUT2D eigenvalue weighted by molar-refractivity contribution is 0.425. The maximum Gasteiger partial charge on any atom is 0.122 e. The van der Waals surface area contributed by atoms with Crippen molar-refractivity contribution in [3.05, 3.63) is 58.1 Å². The number of phenols is 1. The van der Waals surface area contributed by atoms with Gasteiger partial charge in [-0.15, -0.1) is 0 Å². The number of nitrogens with one attached hydrogen (secondary N) is 1. The van der Waals surface area contributed by atoms with Crippen molar-refractivity contribution in [2.45, 2.75) is 85.5 Å². The van der Waals surface area contributed by atoms with Gasteiger partial charge in [0.05, 0.1) is 0 Å². The molecule has 2 aromatic rings. The highest BCUT2D eigenvalue weighted by molar-refractivity contribution is 7.48. The average Bonchev–Trinajstić information content (AvgIpc) is 2.62. The van der Waals surface area contributed by atoms with Crippen molar-refractivity contribution in [1.82, 2.24) is 5.32 Å². The van der Waals surface area contributed by atoms with E-state index in [0.29, 0.717) is 14.3 Å². The molecule has 0 spiro atoms. The second-order valence-corrected chi connectivity index (χ2v) is 10.8. The molecule has 0 saturated heterocycles. The van der Waals surface area contributed by atoms with Crippen LogP contribution in [0.5, 0.6) is 5.75 Å². The summed E-state index contributed by atoms with van der Waals surface area (Å²) in [7, 11) is 0.623. The average molecular weight is 400 g/mol. The SMILES string of the molecule is CCC(CC)(Pc1c(C)cccc1CNC(C)(C)C)c1cc(C)cc(C)c1O. The van der Waals surface area contributed by atoms with Crippen molar-refractivity contribution < 1.29 is 5.11 Å². The Bertz CT molecular complexity index is 816. The zero-order valence-corrected chi connectivity index (χ0v) is 20.0. The van der Waals surface area contributed by atoms with Crippen molar-refractivity contribution in [2.24, 2.45) is 0 Å². The number of aromatic hydroxyl groups is 1. The second-order valence-electron chi connectivity index (χ2n) is 9.10. The summed E-state index contributed by atoms with van der Waals surface area (Å²) in [6.45, 7) is 18.4. The Morgan fingerprint density at radius 1 is 0.964 bits per heavy atom. The molecule has 2 aromatic carbocycles. The van der Waals surface area contributed by atoms with Gasteiger partial charge in [-0.05, 0) is 76.4 Å². The zero-order valence-electron chi connectivity index (χ0n) is 19.0. The Balaban J connectivity index is 2.54. The van der Waals surface area contributed by atoms with E-state index >= 15 is 0 Å². The van der Waals surface area contributed by atoms with E-state index < -0.39 is 0 Å². The maximum atomic E-state index is 10.9. The molecule has 2 nitrogen and oxygen atoms in total. The molecule has 1 atom stereocenters. The molecule has 0 fully saturated rings. The van der Waals surface area contributed by atoms with E-state index in [-0.39, 0.29) is 10.7 Å². The number of aryl methyl sites for hydroxylation is 3. The third-order valence-corrected chi connectivity index (χ3v) is 8.12. The van der Waals surface area contributed by atoms with Crippen LogP contribution in [0.25, 0.3) is 0 Å². The molecule has 2 N–H and O–H groups in total. The number of benzene rings is 2. The summed E-state index contributed by atoms with van der Waals surface area (Å²) < 4.78 is 0. The molecule has 0 amide bonds. The first-order chi connectivity index (χ1) is 13.0. The van der Waals surface area contributed by atoms with Gasteiger partial charge >= 0.3 is 0 Å². The second kappa shape index (κ2) is 8.97. The summed E-state index contributed by atoms with van der Waals surface area (Å²) in [5.74, 6) is 0.477. The molecule has 0 radical (unpaired) electrons. The molecule has 3 heteroatoms. The summed E-state index contributed by atoms with van der Waals surface area (Å²) >= 11 is 0. The Kier molecular flexibility index (Phi) is 7.34. The lowest BCUT2D eigenvalue weighted by Gasteiger charge is -2.35. The van der Waals surface area contributed by atoms with Crippen LogP contribution in [-0.2, 0) is 11.7 Å². The summed E-state index contributed by atoms with van der Waals surface area (Å²) in [5.41, 5.74) is 6.13. The normalized spacial score (nSPS) is 12.9. The van der Waals surface area contributed by atoms with Gasteiger partial charge in [0.1, 0.15) is 5.75 Å². The van der Waals surface area contributed by atoms with E-state index in [2.05, 4.69) is 84.1 Å². The van der Waals surface area contributed by atoms with Gasteiger partial charge in [0.25, 0.3) is 0 Å². The van der Waals surface area contributed by atoms with Crippen molar-refractivity contribution in [3.63, 3.8) is 0 Å². The molecule has 0 aromatic heterocycles. The molecule has 1 unspecified atom stereocenters. The van der Waals surface area contributed by atoms with Crippen LogP contribution in [0.2, 0.25) is 0 Å². The van der Waals surface area contributed by atoms with Crippen LogP contribution in [-0.4, -0.2) is 10.6 Å². The number of rotatable bonds is 7. The molecule has 0 saturated carbocycles. The molecule has 0 bridgehead atoms. The number of phenolic OH excluding ortho intramolecular Hbond substituents is 1. The van der Waals surface area contributed by atoms with Crippen LogP contribution >= 0.6 is 8.58 Å². The van der Waals surface area contributed by atoms with Gasteiger partial charge in [-0.25, -0.2) is 0 Å². The van der Waals surface area contributed by atoms with Gasteiger partial charge in [-0.2, -0.15) is 0 Å². The van der Waals surface area contributed by atoms with Gasteiger partial charge in [-0.3, -0.25) is 0 Å². The Morgan fingerprint density at radius 3 is 2.18 bits per heavy atom. The maximum absolute atomic E-state index is 10.9. The van der Waals surface area contributed by atoms with Crippen LogP contribution in [0.4, 0.5) is 0 Å². The molecule has 0 aliphatic heterocycles. The lowest BCUT2D eigenvalue weighted by atomic mass is 9.89. The van der Waals surface area contributed by atoms with E-state index in [4.69, 9.17) is 0 Å². The van der Waals surface area contributed by atoms with Gasteiger partial charge in [0.2, 0.25) is 0 Å². The first-order valence-corrected chi connectivity index (χ1v) is 11.5. The predicted molar refractivity (Wildman–Crippen MR) is 126 cm³/mol. The fourth-order valence-electron chi connectivity index (χ4n) is 3.85. The van der Waals surface area contributed by atoms with Gasteiger partial charge in [0, 0.05) is 22.8 Å². The molecule has 154 valence electrons. The minimum absolute atomic E-state index is 0.0382. The summed E-state index contributed by atoms with van der Waals surface area (Å²) in [5, 5.41) is 16.0. The molecule has 0 heterocycles. The van der Waals surface area contributed by atoms with Gasteiger partial charge < -0.3 is 10.4 Å². The Hall–Kier alpha value is -1.37. The quantitative estimate of drug-likeness (QED) is 0.541. The highest BCUT2D eigenvalue weighted by atomic mass is 31.1. The van der Waals surface area contributed by atoms with Crippen LogP contribution in [0.15, 0.2) is 30.3 Å². The van der Waals surface area contributed by atoms with Crippen LogP contribution in [0.3, 0.4) is 0 Å². The minimum atomic E-state index is -0.0382. The third kappa shape index (κ3) is 5.16. The monoisotopic (exact) mass is 399 g/mol. The largest absolute Gasteiger partial charge is 0.507 e. The summed E-state index contributed by atoms with van der Waals surface area (Å²) in [6.07, 6.45) is 2.03. The smallest absolute Gasteiger partial charge is 0.122 e. The van der Waals surface area contributed by atoms with E-state index in [1.807, 2.05) is 6.92 Å². The highest BCUT2D eigenvalue weighted by Crippen LogP contribution is 2.51. The fourth-order valence-corrected chi connectivity index (χ4v) is 5.62. The molecule has 0 aliphatic rings. The Morgan fingerprint density at radius 2 is 1.61 bits per heavy atom. The van der Waals surface area contributed by atoms with E-state index in [9.17, 15) is 5.11 Å². The summed E-state index contributed by atoms with van der Waals surface area (Å²) in [4.78, 5) is 0. The third-order valence-electron chi connectivity index (χ3n) is 5.70. The van der Waals surface area contributed by atoms with Gasteiger partial charge in [0.15, 0.2) is 0 Å². The van der Waals surface area contributed by atoms with Crippen LogP contribution < -0.4 is 10.6 Å². The minimum Gasteiger partial charge on any atom is -0.507 e. The zero-order chi connectivity index (χ0) is 21.1. The first-order valence-electron chi connectivity index (χ1n) is 10.5. The topological polar surface area (TPSA) is 32.3 Å². The van der Waals surface area contributed by atoms with Crippen molar-refractivity contribution in [2.75, 3.05) is 0 Å². The predicted octanol–water partition coefficient (Wildman–Crippen LogP) is 6.22. The first kappa shape index (κ1) is 22.9. The standard InChI is InChI=1S/C25H38NOP/c1-9-25(10-2,21-15-17(3)14-19(5)22(21)27)28-23-18(4)12-11-13-20(23)16-26-24(6,7)8/h11-15,26-28H,9-10,16H2,1-8H3. The van der Waals surface area contributed by atoms with Crippen LogP contribution in [0, 0.1) is 20.8 Å². The molecule has 0 aliphatic carbocycles. The molecular weight excluding hydrogens is 361 g/mol. The molecule has 28 heavy (non-hydrogen) atoms. The van der Waals surface area contributed by atoms with Crippen LogP contribution in [0.1, 0.15) is 75.3 Å². The van der Waals surface area contributed by atoms with Crippen molar-refractivity contribution in [1.29, 1.82) is 0 Å².